The molecule has 3 N–H and O–H groups in total. The predicted molar refractivity (Wildman–Crippen MR) is 103 cm³/mol. The van der Waals surface area contributed by atoms with Crippen molar-refractivity contribution < 1.29 is 4.79 Å². The molecule has 0 aliphatic carbocycles. The van der Waals surface area contributed by atoms with Crippen molar-refractivity contribution in [1.29, 1.82) is 0 Å². The number of carbonyl (C=O) groups excluding carboxylic acids is 1. The second-order valence-electron chi connectivity index (χ2n) is 5.04. The summed E-state index contributed by atoms with van der Waals surface area (Å²) in [5, 5.41) is 4.19. The van der Waals surface area contributed by atoms with E-state index in [2.05, 4.69) is 96.8 Å². The Morgan fingerprint density at radius 1 is 0.708 bits per heavy atom. The third-order valence-electron chi connectivity index (χ3n) is 3.25. The third-order valence-corrected chi connectivity index (χ3v) is 5.69. The normalized spacial score (nSPS) is 9.79. The van der Waals surface area contributed by atoms with Gasteiger partial charge in [-0.05, 0) is 23.8 Å². The van der Waals surface area contributed by atoms with E-state index in [9.17, 15) is 4.79 Å². The van der Waals surface area contributed by atoms with Crippen LogP contribution in [0.1, 0.15) is 6.92 Å². The van der Waals surface area contributed by atoms with Gasteiger partial charge in [-0.3, -0.25) is 10.2 Å². The molecule has 0 atom stereocenters. The Morgan fingerprint density at radius 3 is 1.17 bits per heavy atom. The Kier molecular flexibility index (Phi) is 7.16. The van der Waals surface area contributed by atoms with E-state index in [1.807, 2.05) is 5.43 Å². The second kappa shape index (κ2) is 9.61. The van der Waals surface area contributed by atoms with Crippen LogP contribution in [0.3, 0.4) is 0 Å². The minimum atomic E-state index is -0.446. The quantitative estimate of drug-likeness (QED) is 0.334. The summed E-state index contributed by atoms with van der Waals surface area (Å²) in [5.74, 6) is 4.35. The van der Waals surface area contributed by atoms with Crippen LogP contribution >= 0.6 is 7.92 Å². The van der Waals surface area contributed by atoms with Crippen LogP contribution in [0.5, 0.6) is 0 Å². The molecule has 4 heteroatoms. The van der Waals surface area contributed by atoms with Gasteiger partial charge in [-0.1, -0.05) is 91.0 Å². The average molecular weight is 336 g/mol. The lowest BCUT2D eigenvalue weighted by molar-refractivity contribution is -0.119. The van der Waals surface area contributed by atoms with Gasteiger partial charge in [-0.25, -0.2) is 5.84 Å². The fourth-order valence-electron chi connectivity index (χ4n) is 2.18. The van der Waals surface area contributed by atoms with Crippen molar-refractivity contribution in [2.24, 2.45) is 5.84 Å². The Morgan fingerprint density at radius 2 is 0.958 bits per heavy atom. The molecule has 0 aromatic heterocycles. The number of hydrazine groups is 1. The van der Waals surface area contributed by atoms with E-state index in [1.54, 1.807) is 0 Å². The lowest BCUT2D eigenvalue weighted by atomic mass is 10.4. The molecule has 0 aliphatic rings. The van der Waals surface area contributed by atoms with E-state index >= 15 is 0 Å². The van der Waals surface area contributed by atoms with Crippen LogP contribution in [-0.4, -0.2) is 5.91 Å². The molecule has 0 fully saturated rings. The molecule has 0 spiro atoms. The molecule has 3 aromatic carbocycles. The van der Waals surface area contributed by atoms with Crippen LogP contribution in [-0.2, 0) is 4.79 Å². The number of rotatable bonds is 3. The summed E-state index contributed by atoms with van der Waals surface area (Å²) in [6.07, 6.45) is 0. The van der Waals surface area contributed by atoms with E-state index < -0.39 is 7.92 Å². The van der Waals surface area contributed by atoms with Crippen molar-refractivity contribution in [3.63, 3.8) is 0 Å². The van der Waals surface area contributed by atoms with Crippen molar-refractivity contribution in [3.05, 3.63) is 91.0 Å². The summed E-state index contributed by atoms with van der Waals surface area (Å²) >= 11 is 0. The van der Waals surface area contributed by atoms with Gasteiger partial charge in [0, 0.05) is 6.92 Å². The topological polar surface area (TPSA) is 55.1 Å². The summed E-state index contributed by atoms with van der Waals surface area (Å²) in [7, 11) is -0.446. The van der Waals surface area contributed by atoms with Crippen molar-refractivity contribution in [2.75, 3.05) is 0 Å². The number of nitrogens with two attached hydrogens (primary N) is 1. The average Bonchev–Trinajstić information content (AvgIpc) is 2.65. The van der Waals surface area contributed by atoms with Gasteiger partial charge in [0.15, 0.2) is 0 Å². The van der Waals surface area contributed by atoms with Crippen LogP contribution < -0.4 is 27.2 Å². The summed E-state index contributed by atoms with van der Waals surface area (Å²) in [4.78, 5) is 9.58. The van der Waals surface area contributed by atoms with Gasteiger partial charge in [0.1, 0.15) is 0 Å². The maximum Gasteiger partial charge on any atom is 0.230 e. The van der Waals surface area contributed by atoms with Gasteiger partial charge in [-0.15, -0.1) is 0 Å². The van der Waals surface area contributed by atoms with Crippen LogP contribution in [0, 0.1) is 0 Å². The zero-order valence-electron chi connectivity index (χ0n) is 13.6. The Hall–Kier alpha value is -2.48. The fourth-order valence-corrected chi connectivity index (χ4v) is 4.48. The highest BCUT2D eigenvalue weighted by Gasteiger charge is 2.14. The third kappa shape index (κ3) is 5.31. The molecule has 0 saturated carbocycles. The van der Waals surface area contributed by atoms with Gasteiger partial charge in [-0.2, -0.15) is 0 Å². The predicted octanol–water partition coefficient (Wildman–Crippen LogP) is 2.44. The molecule has 0 radical (unpaired) electrons. The Balaban J connectivity index is 0.000000368. The number of carbonyl (C=O) groups is 1. The number of benzene rings is 3. The summed E-state index contributed by atoms with van der Waals surface area (Å²) in [6.45, 7) is 1.35. The fraction of sp³-hybridized carbons (Fsp3) is 0.0500. The molecule has 122 valence electrons. The largest absolute Gasteiger partial charge is 0.295 e. The first-order valence-corrected chi connectivity index (χ1v) is 8.99. The maximum atomic E-state index is 9.58. The second-order valence-corrected chi connectivity index (χ2v) is 7.26. The van der Waals surface area contributed by atoms with Crippen molar-refractivity contribution in [1.82, 2.24) is 5.43 Å². The van der Waals surface area contributed by atoms with Gasteiger partial charge in [0.2, 0.25) is 5.91 Å². The van der Waals surface area contributed by atoms with Crippen molar-refractivity contribution in [2.45, 2.75) is 6.92 Å². The van der Waals surface area contributed by atoms with Crippen molar-refractivity contribution >= 4 is 29.7 Å². The van der Waals surface area contributed by atoms with Crippen LogP contribution in [0.15, 0.2) is 91.0 Å². The molecule has 24 heavy (non-hydrogen) atoms. The van der Waals surface area contributed by atoms with Gasteiger partial charge >= 0.3 is 0 Å². The molecule has 1 amide bonds. The first-order valence-electron chi connectivity index (χ1n) is 7.65. The van der Waals surface area contributed by atoms with Gasteiger partial charge in [0.25, 0.3) is 0 Å². The monoisotopic (exact) mass is 336 g/mol. The highest BCUT2D eigenvalue weighted by atomic mass is 31.1. The lowest BCUT2D eigenvalue weighted by Gasteiger charge is -2.18. The van der Waals surface area contributed by atoms with E-state index in [1.165, 1.54) is 22.8 Å². The molecule has 0 bridgehead atoms. The SMILES string of the molecule is CC(=O)NN.c1ccc(P(c2ccccc2)c2ccccc2)cc1. The summed E-state index contributed by atoms with van der Waals surface area (Å²) in [6, 6.07) is 32.3. The highest BCUT2D eigenvalue weighted by molar-refractivity contribution is 7.79. The molecular weight excluding hydrogens is 315 g/mol. The highest BCUT2D eigenvalue weighted by Crippen LogP contribution is 2.32. The molecule has 0 unspecified atom stereocenters. The van der Waals surface area contributed by atoms with E-state index in [4.69, 9.17) is 0 Å². The van der Waals surface area contributed by atoms with Gasteiger partial charge < -0.3 is 0 Å². The summed E-state index contributed by atoms with van der Waals surface area (Å²) < 4.78 is 0. The number of amides is 1. The van der Waals surface area contributed by atoms with E-state index in [0.717, 1.165) is 0 Å². The van der Waals surface area contributed by atoms with Crippen LogP contribution in [0.2, 0.25) is 0 Å². The molecule has 0 heterocycles. The minimum absolute atomic E-state index is 0.218. The van der Waals surface area contributed by atoms with Gasteiger partial charge in [0.05, 0.1) is 0 Å². The molecule has 3 aromatic rings. The Labute approximate surface area is 144 Å². The van der Waals surface area contributed by atoms with Crippen molar-refractivity contribution in [3.8, 4) is 0 Å². The molecule has 0 aliphatic heterocycles. The number of hydrogen-bond donors (Lipinski definition) is 2. The van der Waals surface area contributed by atoms with Crippen LogP contribution in [0.25, 0.3) is 0 Å². The first kappa shape index (κ1) is 17.9. The standard InChI is InChI=1S/C18H15P.C2H6N2O/c1-4-10-16(11-5-1)19(17-12-6-2-7-13-17)18-14-8-3-9-15-18;1-2(5)4-3/h1-15H;3H2,1H3,(H,4,5). The smallest absolute Gasteiger partial charge is 0.230 e. The maximum absolute atomic E-state index is 9.58. The molecular formula is C20H21N2OP. The zero-order chi connectivity index (χ0) is 17.2. The first-order chi connectivity index (χ1) is 11.7. The minimum Gasteiger partial charge on any atom is -0.295 e. The number of hydrogen-bond acceptors (Lipinski definition) is 2. The lowest BCUT2D eigenvalue weighted by Crippen LogP contribution is -2.26. The zero-order valence-corrected chi connectivity index (χ0v) is 14.5. The van der Waals surface area contributed by atoms with Crippen LogP contribution in [0.4, 0.5) is 0 Å². The van der Waals surface area contributed by atoms with E-state index in [-0.39, 0.29) is 5.91 Å². The molecule has 3 nitrogen and oxygen atoms in total. The van der Waals surface area contributed by atoms with E-state index in [0.29, 0.717) is 0 Å². The Bertz CT molecular complexity index is 639. The summed E-state index contributed by atoms with van der Waals surface area (Å²) in [5.41, 5.74) is 1.89. The number of nitrogens with one attached hydrogen (secondary N) is 1. The molecule has 3 rings (SSSR count). The molecule has 0 saturated heterocycles.